The average molecular weight is 200 g/mol. The van der Waals surface area contributed by atoms with Gasteiger partial charge in [0, 0.05) is 25.2 Å². The van der Waals surface area contributed by atoms with E-state index in [9.17, 15) is 4.79 Å². The lowest BCUT2D eigenvalue weighted by atomic mass is 10.0. The van der Waals surface area contributed by atoms with E-state index in [0.29, 0.717) is 6.54 Å². The maximum Gasteiger partial charge on any atom is 0.133 e. The Morgan fingerprint density at radius 1 is 1.43 bits per heavy atom. The van der Waals surface area contributed by atoms with Gasteiger partial charge < -0.3 is 14.8 Å². The topological polar surface area (TPSA) is 41.6 Å². The van der Waals surface area contributed by atoms with Crippen molar-refractivity contribution in [3.63, 3.8) is 0 Å². The van der Waals surface area contributed by atoms with Crippen molar-refractivity contribution in [2.75, 3.05) is 39.4 Å². The van der Waals surface area contributed by atoms with Gasteiger partial charge in [0.25, 0.3) is 0 Å². The van der Waals surface area contributed by atoms with E-state index in [4.69, 9.17) is 4.74 Å². The lowest BCUT2D eigenvalue weighted by Gasteiger charge is -2.35. The summed E-state index contributed by atoms with van der Waals surface area (Å²) in [6.07, 6.45) is 0.904. The second-order valence-electron chi connectivity index (χ2n) is 4.32. The Balaban J connectivity index is 2.28. The molecule has 1 heterocycles. The average Bonchev–Trinajstić information content (AvgIpc) is 2.16. The van der Waals surface area contributed by atoms with Crippen molar-refractivity contribution in [3.05, 3.63) is 0 Å². The van der Waals surface area contributed by atoms with Gasteiger partial charge >= 0.3 is 0 Å². The molecule has 0 amide bonds. The van der Waals surface area contributed by atoms with Crippen LogP contribution >= 0.6 is 0 Å². The van der Waals surface area contributed by atoms with Crippen molar-refractivity contribution in [1.29, 1.82) is 0 Å². The van der Waals surface area contributed by atoms with Crippen LogP contribution in [0.25, 0.3) is 0 Å². The normalized spacial score (nSPS) is 19.6. The molecular weight excluding hydrogens is 180 g/mol. The number of carbonyl (C=O) groups excluding carboxylic acids is 1. The molecule has 1 rings (SSSR count). The zero-order valence-corrected chi connectivity index (χ0v) is 9.08. The number of aldehydes is 1. The highest BCUT2D eigenvalue weighted by Crippen LogP contribution is 2.07. The van der Waals surface area contributed by atoms with Crippen LogP contribution in [0, 0.1) is 0 Å². The zero-order valence-electron chi connectivity index (χ0n) is 9.08. The summed E-state index contributed by atoms with van der Waals surface area (Å²) >= 11 is 0. The molecule has 0 bridgehead atoms. The molecule has 0 aromatic rings. The number of hydrogen-bond donors (Lipinski definition) is 1. The molecule has 1 aliphatic rings. The molecule has 4 nitrogen and oxygen atoms in total. The summed E-state index contributed by atoms with van der Waals surface area (Å²) in [4.78, 5) is 12.6. The van der Waals surface area contributed by atoms with Crippen LogP contribution in [0.3, 0.4) is 0 Å². The van der Waals surface area contributed by atoms with E-state index in [1.807, 2.05) is 0 Å². The summed E-state index contributed by atoms with van der Waals surface area (Å²) in [7, 11) is 0. The first kappa shape index (κ1) is 11.6. The molecule has 0 aliphatic carbocycles. The summed E-state index contributed by atoms with van der Waals surface area (Å²) in [5.41, 5.74) is -0.00174. The third-order valence-corrected chi connectivity index (χ3v) is 2.39. The Hall–Kier alpha value is -0.450. The van der Waals surface area contributed by atoms with Crippen molar-refractivity contribution >= 4 is 6.29 Å². The first-order valence-electron chi connectivity index (χ1n) is 5.13. The molecule has 0 saturated carbocycles. The minimum atomic E-state index is -0.00174. The van der Waals surface area contributed by atoms with Crippen molar-refractivity contribution in [1.82, 2.24) is 10.2 Å². The van der Waals surface area contributed by atoms with E-state index in [0.717, 1.165) is 39.1 Å². The number of carbonyl (C=O) groups is 1. The van der Waals surface area contributed by atoms with Crippen LogP contribution in [0.15, 0.2) is 0 Å². The summed E-state index contributed by atoms with van der Waals surface area (Å²) in [6, 6.07) is 0. The molecule has 1 fully saturated rings. The van der Waals surface area contributed by atoms with E-state index in [2.05, 4.69) is 24.1 Å². The van der Waals surface area contributed by atoms with Gasteiger partial charge in [0.05, 0.1) is 19.8 Å². The molecule has 1 N–H and O–H groups in total. The van der Waals surface area contributed by atoms with Crippen LogP contribution < -0.4 is 5.32 Å². The summed E-state index contributed by atoms with van der Waals surface area (Å²) < 4.78 is 5.28. The molecule has 0 aromatic carbocycles. The molecule has 1 saturated heterocycles. The molecule has 1 aliphatic heterocycles. The van der Waals surface area contributed by atoms with Gasteiger partial charge in [0.2, 0.25) is 0 Å². The van der Waals surface area contributed by atoms with Gasteiger partial charge in [-0.15, -0.1) is 0 Å². The SMILES string of the molecule is CC(C)(CN1CCOCC1)NCC=O. The van der Waals surface area contributed by atoms with Crippen LogP contribution in [0.1, 0.15) is 13.8 Å². The van der Waals surface area contributed by atoms with E-state index < -0.39 is 0 Å². The molecule has 82 valence electrons. The lowest BCUT2D eigenvalue weighted by Crippen LogP contribution is -2.52. The van der Waals surface area contributed by atoms with Gasteiger partial charge in [-0.25, -0.2) is 0 Å². The van der Waals surface area contributed by atoms with Crippen molar-refractivity contribution < 1.29 is 9.53 Å². The molecule has 0 radical (unpaired) electrons. The molecule has 0 spiro atoms. The fourth-order valence-electron chi connectivity index (χ4n) is 1.69. The maximum absolute atomic E-state index is 10.2. The summed E-state index contributed by atoms with van der Waals surface area (Å²) in [5, 5.41) is 3.21. The summed E-state index contributed by atoms with van der Waals surface area (Å²) in [5.74, 6) is 0. The monoisotopic (exact) mass is 200 g/mol. The highest BCUT2D eigenvalue weighted by atomic mass is 16.5. The first-order valence-corrected chi connectivity index (χ1v) is 5.13. The van der Waals surface area contributed by atoms with E-state index in [1.165, 1.54) is 0 Å². The second kappa shape index (κ2) is 5.44. The number of nitrogens with zero attached hydrogens (tertiary/aromatic N) is 1. The maximum atomic E-state index is 10.2. The highest BCUT2D eigenvalue weighted by Gasteiger charge is 2.21. The number of hydrogen-bond acceptors (Lipinski definition) is 4. The number of morpholine rings is 1. The minimum Gasteiger partial charge on any atom is -0.379 e. The Morgan fingerprint density at radius 3 is 2.64 bits per heavy atom. The number of ether oxygens (including phenoxy) is 1. The Bertz CT molecular complexity index is 177. The van der Waals surface area contributed by atoms with E-state index in [1.54, 1.807) is 0 Å². The van der Waals surface area contributed by atoms with Gasteiger partial charge in [0.15, 0.2) is 0 Å². The first-order chi connectivity index (χ1) is 6.64. The molecule has 0 atom stereocenters. The van der Waals surface area contributed by atoms with E-state index in [-0.39, 0.29) is 5.54 Å². The molecule has 4 heteroatoms. The Labute approximate surface area is 85.6 Å². The van der Waals surface area contributed by atoms with Crippen LogP contribution in [0.5, 0.6) is 0 Å². The van der Waals surface area contributed by atoms with Crippen LogP contribution in [0.4, 0.5) is 0 Å². The quantitative estimate of drug-likeness (QED) is 0.629. The van der Waals surface area contributed by atoms with Gasteiger partial charge in [-0.2, -0.15) is 0 Å². The lowest BCUT2D eigenvalue weighted by molar-refractivity contribution is -0.107. The number of nitrogens with one attached hydrogen (secondary N) is 1. The van der Waals surface area contributed by atoms with Crippen LogP contribution in [-0.4, -0.2) is 56.1 Å². The fourth-order valence-corrected chi connectivity index (χ4v) is 1.69. The van der Waals surface area contributed by atoms with E-state index >= 15 is 0 Å². The fraction of sp³-hybridized carbons (Fsp3) is 0.900. The zero-order chi connectivity index (χ0) is 10.4. The molecule has 0 aromatic heterocycles. The van der Waals surface area contributed by atoms with Crippen molar-refractivity contribution in [3.8, 4) is 0 Å². The van der Waals surface area contributed by atoms with Gasteiger partial charge in [-0.1, -0.05) is 0 Å². The molecule has 14 heavy (non-hydrogen) atoms. The largest absolute Gasteiger partial charge is 0.379 e. The third-order valence-electron chi connectivity index (χ3n) is 2.39. The predicted molar refractivity (Wildman–Crippen MR) is 55.4 cm³/mol. The molecule has 0 unspecified atom stereocenters. The smallest absolute Gasteiger partial charge is 0.133 e. The molecular formula is C10H20N2O2. The Kier molecular flexibility index (Phi) is 4.51. The summed E-state index contributed by atoms with van der Waals surface area (Å²) in [6.45, 7) is 9.26. The predicted octanol–water partition coefficient (Wildman–Crippen LogP) is -0.114. The van der Waals surface area contributed by atoms with Crippen LogP contribution in [-0.2, 0) is 9.53 Å². The standard InChI is InChI=1S/C10H20N2O2/c1-10(2,11-3-6-13)9-12-4-7-14-8-5-12/h6,11H,3-5,7-9H2,1-2H3. The van der Waals surface area contributed by atoms with Gasteiger partial charge in [0.1, 0.15) is 6.29 Å². The highest BCUT2D eigenvalue weighted by molar-refractivity contribution is 5.52. The van der Waals surface area contributed by atoms with Gasteiger partial charge in [-0.3, -0.25) is 4.90 Å². The Morgan fingerprint density at radius 2 is 2.07 bits per heavy atom. The second-order valence-corrected chi connectivity index (χ2v) is 4.32. The van der Waals surface area contributed by atoms with Gasteiger partial charge in [-0.05, 0) is 13.8 Å². The van der Waals surface area contributed by atoms with Crippen molar-refractivity contribution in [2.24, 2.45) is 0 Å². The van der Waals surface area contributed by atoms with Crippen LogP contribution in [0.2, 0.25) is 0 Å². The minimum absolute atomic E-state index is 0.00174. The van der Waals surface area contributed by atoms with Crippen molar-refractivity contribution in [2.45, 2.75) is 19.4 Å². The number of rotatable bonds is 5. The third kappa shape index (κ3) is 4.17.